The van der Waals surface area contributed by atoms with E-state index in [2.05, 4.69) is 4.98 Å². The first-order chi connectivity index (χ1) is 17.3. The molecular formula is C26H26N2O7S. The molecule has 0 fully saturated rings. The molecule has 0 aliphatic carbocycles. The van der Waals surface area contributed by atoms with Crippen LogP contribution in [0.4, 0.5) is 5.13 Å². The molecule has 0 spiro atoms. The number of nitrogens with zero attached hydrogens (tertiary/aromatic N) is 2. The van der Waals surface area contributed by atoms with Crippen molar-refractivity contribution in [1.82, 2.24) is 4.98 Å². The third-order valence-corrected chi connectivity index (χ3v) is 6.65. The third kappa shape index (κ3) is 4.64. The smallest absolute Gasteiger partial charge is 0.350 e. The number of benzene rings is 1. The Morgan fingerprint density at radius 2 is 1.97 bits per heavy atom. The number of hydrogen-bond donors (Lipinski definition) is 1. The molecular weight excluding hydrogens is 484 g/mol. The second-order valence-electron chi connectivity index (χ2n) is 8.13. The van der Waals surface area contributed by atoms with Crippen LogP contribution < -0.4 is 9.64 Å². The quantitative estimate of drug-likeness (QED) is 0.312. The first-order valence-corrected chi connectivity index (χ1v) is 12.3. The number of furan rings is 1. The summed E-state index contributed by atoms with van der Waals surface area (Å²) >= 11 is 0.956. The number of aliphatic hydroxyl groups is 1. The fourth-order valence-electron chi connectivity index (χ4n) is 3.90. The maximum atomic E-state index is 13.5. The van der Waals surface area contributed by atoms with Crippen LogP contribution in [0, 0.1) is 13.8 Å². The normalized spacial score (nSPS) is 15.5. The lowest BCUT2D eigenvalue weighted by molar-refractivity contribution is -0.117. The molecule has 1 atom stereocenters. The van der Waals surface area contributed by atoms with Gasteiger partial charge in [0.1, 0.15) is 16.4 Å². The summed E-state index contributed by atoms with van der Waals surface area (Å²) in [6.07, 6.45) is 0.801. The van der Waals surface area contributed by atoms with Crippen LogP contribution in [-0.2, 0) is 9.53 Å². The molecule has 0 saturated carbocycles. The minimum absolute atomic E-state index is 0.00498. The number of ether oxygens (including phenoxy) is 2. The molecule has 3 heterocycles. The van der Waals surface area contributed by atoms with Crippen molar-refractivity contribution in [1.29, 1.82) is 0 Å². The minimum atomic E-state index is -1.03. The number of esters is 1. The number of ketones is 1. The van der Waals surface area contributed by atoms with E-state index in [1.807, 2.05) is 6.92 Å². The summed E-state index contributed by atoms with van der Waals surface area (Å²) < 4.78 is 16.4. The van der Waals surface area contributed by atoms with E-state index in [9.17, 15) is 19.5 Å². The van der Waals surface area contributed by atoms with Crippen LogP contribution in [0.15, 0.2) is 52.1 Å². The molecule has 4 rings (SSSR count). The Balaban J connectivity index is 1.84. The number of amides is 1. The minimum Gasteiger partial charge on any atom is -0.503 e. The van der Waals surface area contributed by atoms with E-state index < -0.39 is 29.5 Å². The molecule has 10 heteroatoms. The van der Waals surface area contributed by atoms with E-state index in [0.717, 1.165) is 17.8 Å². The molecule has 1 aliphatic rings. The lowest BCUT2D eigenvalue weighted by Gasteiger charge is -2.24. The zero-order valence-corrected chi connectivity index (χ0v) is 21.2. The van der Waals surface area contributed by atoms with E-state index in [4.69, 9.17) is 13.9 Å². The predicted molar refractivity (Wildman–Crippen MR) is 133 cm³/mol. The number of hydrogen-bond acceptors (Lipinski definition) is 9. The molecule has 9 nitrogen and oxygen atoms in total. The fraction of sp³-hybridized carbons (Fsp3) is 0.308. The van der Waals surface area contributed by atoms with Gasteiger partial charge in [-0.15, -0.1) is 0 Å². The van der Waals surface area contributed by atoms with Crippen molar-refractivity contribution in [3.8, 4) is 5.75 Å². The summed E-state index contributed by atoms with van der Waals surface area (Å²) in [5, 5.41) is 11.1. The number of anilines is 1. The van der Waals surface area contributed by atoms with Crippen molar-refractivity contribution >= 4 is 34.1 Å². The number of carbonyl (C=O) groups excluding carboxylic acids is 3. The van der Waals surface area contributed by atoms with Crippen LogP contribution in [0.5, 0.6) is 5.75 Å². The van der Waals surface area contributed by atoms with Gasteiger partial charge in [-0.05, 0) is 57.0 Å². The van der Waals surface area contributed by atoms with E-state index in [1.165, 1.54) is 11.0 Å². The van der Waals surface area contributed by atoms with E-state index >= 15 is 0 Å². The van der Waals surface area contributed by atoms with Crippen molar-refractivity contribution in [3.63, 3.8) is 0 Å². The van der Waals surface area contributed by atoms with E-state index in [0.29, 0.717) is 29.4 Å². The van der Waals surface area contributed by atoms with Gasteiger partial charge in [-0.1, -0.05) is 30.4 Å². The van der Waals surface area contributed by atoms with Crippen molar-refractivity contribution in [3.05, 3.63) is 75.4 Å². The third-order valence-electron chi connectivity index (χ3n) is 5.52. The van der Waals surface area contributed by atoms with Crippen molar-refractivity contribution in [2.75, 3.05) is 18.1 Å². The Hall–Kier alpha value is -3.92. The SMILES string of the molecule is CCCOc1cccc(C2C(C(=O)c3ccc(C)o3)=C(O)C(=O)N2c2nc(C)c(C(=O)OCC)s2)c1. The van der Waals surface area contributed by atoms with E-state index in [-0.39, 0.29) is 27.9 Å². The molecule has 3 aromatic rings. The van der Waals surface area contributed by atoms with Crippen LogP contribution in [0.2, 0.25) is 0 Å². The first-order valence-electron chi connectivity index (χ1n) is 11.5. The lowest BCUT2D eigenvalue weighted by Crippen LogP contribution is -2.31. The average molecular weight is 511 g/mol. The number of aryl methyl sites for hydroxylation is 2. The first kappa shape index (κ1) is 25.2. The molecule has 188 valence electrons. The molecule has 1 unspecified atom stereocenters. The maximum Gasteiger partial charge on any atom is 0.350 e. The Bertz CT molecular complexity index is 1350. The maximum absolute atomic E-state index is 13.5. The number of carbonyl (C=O) groups is 3. The highest BCUT2D eigenvalue weighted by Gasteiger charge is 2.47. The van der Waals surface area contributed by atoms with Crippen LogP contribution in [0.3, 0.4) is 0 Å². The molecule has 0 saturated heterocycles. The van der Waals surface area contributed by atoms with Gasteiger partial charge < -0.3 is 19.0 Å². The van der Waals surface area contributed by atoms with Crippen molar-refractivity contribution in [2.24, 2.45) is 0 Å². The number of aromatic nitrogens is 1. The topological polar surface area (TPSA) is 119 Å². The lowest BCUT2D eigenvalue weighted by atomic mass is 9.95. The zero-order valence-electron chi connectivity index (χ0n) is 20.4. The van der Waals surface area contributed by atoms with Gasteiger partial charge in [0.25, 0.3) is 5.91 Å². The van der Waals surface area contributed by atoms with Gasteiger partial charge in [0, 0.05) is 0 Å². The highest BCUT2D eigenvalue weighted by molar-refractivity contribution is 7.17. The van der Waals surface area contributed by atoms with E-state index in [1.54, 1.807) is 51.1 Å². The molecule has 1 aromatic carbocycles. The summed E-state index contributed by atoms with van der Waals surface area (Å²) in [5.74, 6) is -1.64. The Morgan fingerprint density at radius 3 is 2.64 bits per heavy atom. The Morgan fingerprint density at radius 1 is 1.19 bits per heavy atom. The second kappa shape index (κ2) is 10.4. The van der Waals surface area contributed by atoms with Gasteiger partial charge in [0.15, 0.2) is 16.7 Å². The molecule has 0 bridgehead atoms. The van der Waals surface area contributed by atoms with Crippen molar-refractivity contribution in [2.45, 2.75) is 40.2 Å². The molecule has 36 heavy (non-hydrogen) atoms. The monoisotopic (exact) mass is 510 g/mol. The van der Waals surface area contributed by atoms with Gasteiger partial charge in [-0.3, -0.25) is 14.5 Å². The largest absolute Gasteiger partial charge is 0.503 e. The zero-order chi connectivity index (χ0) is 26.0. The summed E-state index contributed by atoms with van der Waals surface area (Å²) in [6.45, 7) is 7.67. The van der Waals surface area contributed by atoms with Gasteiger partial charge in [0.05, 0.1) is 30.5 Å². The average Bonchev–Trinajstić information content (AvgIpc) is 3.53. The van der Waals surface area contributed by atoms with Gasteiger partial charge >= 0.3 is 5.97 Å². The van der Waals surface area contributed by atoms with Crippen molar-refractivity contribution < 1.29 is 33.4 Å². The Kier molecular flexibility index (Phi) is 7.25. The van der Waals surface area contributed by atoms with Gasteiger partial charge in [-0.25, -0.2) is 9.78 Å². The molecule has 1 amide bonds. The highest BCUT2D eigenvalue weighted by atomic mass is 32.1. The Labute approximate surface area is 212 Å². The number of aliphatic hydroxyl groups excluding tert-OH is 1. The summed E-state index contributed by atoms with van der Waals surface area (Å²) in [4.78, 5) is 45.1. The predicted octanol–water partition coefficient (Wildman–Crippen LogP) is 5.10. The van der Waals surface area contributed by atoms with Gasteiger partial charge in [0.2, 0.25) is 5.78 Å². The van der Waals surface area contributed by atoms with Crippen LogP contribution in [-0.4, -0.2) is 41.0 Å². The number of rotatable bonds is 9. The van der Waals surface area contributed by atoms with Crippen LogP contribution in [0.25, 0.3) is 0 Å². The number of thiazole rings is 1. The van der Waals surface area contributed by atoms with Crippen LogP contribution in [0.1, 0.15) is 63.6 Å². The molecule has 0 radical (unpaired) electrons. The summed E-state index contributed by atoms with van der Waals surface area (Å²) in [5.41, 5.74) is 0.756. The van der Waals surface area contributed by atoms with Crippen LogP contribution >= 0.6 is 11.3 Å². The summed E-state index contributed by atoms with van der Waals surface area (Å²) in [7, 11) is 0. The molecule has 1 aliphatic heterocycles. The summed E-state index contributed by atoms with van der Waals surface area (Å²) in [6, 6.07) is 9.06. The molecule has 2 aromatic heterocycles. The standard InChI is InChI=1S/C26H26N2O7S/c1-5-12-34-17-9-7-8-16(13-17)20-19(21(29)18-11-10-14(3)35-18)22(30)24(31)28(20)26-27-15(4)23(36-26)25(32)33-6-2/h7-11,13,20,30H,5-6,12H2,1-4H3. The van der Waals surface area contributed by atoms with Gasteiger partial charge in [-0.2, -0.15) is 0 Å². The highest BCUT2D eigenvalue weighted by Crippen LogP contribution is 2.44. The number of Topliss-reactive ketones (excluding diaryl/α,β-unsaturated/α-hetero) is 1. The fourth-order valence-corrected chi connectivity index (χ4v) is 4.89. The molecule has 1 N–H and O–H groups in total. The second-order valence-corrected chi connectivity index (χ2v) is 9.11.